The van der Waals surface area contributed by atoms with Gasteiger partial charge in [-0.25, -0.2) is 0 Å². The zero-order valence-electron chi connectivity index (χ0n) is 13.1. The van der Waals surface area contributed by atoms with Crippen LogP contribution < -0.4 is 15.8 Å². The molecular formula is C14H25Cl2N3O3. The Morgan fingerprint density at radius 3 is 2.32 bits per heavy atom. The summed E-state index contributed by atoms with van der Waals surface area (Å²) in [6.07, 6.45) is -0.633. The minimum absolute atomic E-state index is 0. The first-order chi connectivity index (χ1) is 9.56. The van der Waals surface area contributed by atoms with E-state index in [1.54, 1.807) is 12.1 Å². The lowest BCUT2D eigenvalue weighted by atomic mass is 10.2. The van der Waals surface area contributed by atoms with E-state index in [0.717, 1.165) is 12.3 Å². The van der Waals surface area contributed by atoms with Crippen LogP contribution in [0.4, 0.5) is 5.69 Å². The first-order valence-corrected chi connectivity index (χ1v) is 6.48. The highest BCUT2D eigenvalue weighted by atomic mass is 35.5. The molecule has 0 aliphatic rings. The highest BCUT2D eigenvalue weighted by molar-refractivity contribution is 5.94. The van der Waals surface area contributed by atoms with Crippen molar-refractivity contribution in [1.82, 2.24) is 4.90 Å². The van der Waals surface area contributed by atoms with Gasteiger partial charge in [-0.3, -0.25) is 4.79 Å². The van der Waals surface area contributed by atoms with Crippen LogP contribution in [0.5, 0.6) is 5.75 Å². The largest absolute Gasteiger partial charge is 0.492 e. The summed E-state index contributed by atoms with van der Waals surface area (Å²) < 4.78 is 10.5. The van der Waals surface area contributed by atoms with E-state index >= 15 is 0 Å². The lowest BCUT2D eigenvalue weighted by molar-refractivity contribution is -0.125. The second kappa shape index (κ2) is 12.5. The number of carbonyl (C=O) groups is 1. The molecule has 0 aromatic heterocycles. The Morgan fingerprint density at radius 2 is 1.86 bits per heavy atom. The fourth-order valence-electron chi connectivity index (χ4n) is 1.51. The van der Waals surface area contributed by atoms with Crippen molar-refractivity contribution in [2.75, 3.05) is 46.2 Å². The standard InChI is InChI=1S/C14H23N3O3.2ClH/c1-17(2)8-9-20-12-6-4-11(5-7-12)16-14(18)13(10-15)19-3;;/h4-7,13H,8-10,15H2,1-3H3,(H,16,18);2*1H. The number of halogens is 2. The average molecular weight is 354 g/mol. The first-order valence-electron chi connectivity index (χ1n) is 6.48. The Morgan fingerprint density at radius 1 is 1.27 bits per heavy atom. The third-order valence-corrected chi connectivity index (χ3v) is 2.72. The van der Waals surface area contributed by atoms with Gasteiger partial charge in [0.1, 0.15) is 18.5 Å². The number of amides is 1. The van der Waals surface area contributed by atoms with E-state index in [0.29, 0.717) is 12.3 Å². The van der Waals surface area contributed by atoms with Crippen LogP contribution in [0.3, 0.4) is 0 Å². The Balaban J connectivity index is 0. The molecule has 1 rings (SSSR count). The van der Waals surface area contributed by atoms with E-state index in [-0.39, 0.29) is 37.3 Å². The summed E-state index contributed by atoms with van der Waals surface area (Å²) in [5.74, 6) is 0.517. The van der Waals surface area contributed by atoms with E-state index in [9.17, 15) is 4.79 Å². The van der Waals surface area contributed by atoms with Crippen molar-refractivity contribution in [2.24, 2.45) is 5.73 Å². The van der Waals surface area contributed by atoms with Crippen LogP contribution in [0, 0.1) is 0 Å². The van der Waals surface area contributed by atoms with Gasteiger partial charge in [-0.15, -0.1) is 24.8 Å². The molecule has 0 saturated heterocycles. The van der Waals surface area contributed by atoms with Gasteiger partial charge in [-0.1, -0.05) is 0 Å². The van der Waals surface area contributed by atoms with Crippen molar-refractivity contribution < 1.29 is 14.3 Å². The number of nitrogens with zero attached hydrogens (tertiary/aromatic N) is 1. The summed E-state index contributed by atoms with van der Waals surface area (Å²) in [7, 11) is 5.44. The molecule has 0 saturated carbocycles. The summed E-state index contributed by atoms with van der Waals surface area (Å²) in [5, 5.41) is 2.74. The van der Waals surface area contributed by atoms with Crippen LogP contribution >= 0.6 is 24.8 Å². The molecule has 1 unspecified atom stereocenters. The Kier molecular flexibility index (Phi) is 13.2. The van der Waals surface area contributed by atoms with Crippen LogP contribution in [0.25, 0.3) is 0 Å². The smallest absolute Gasteiger partial charge is 0.254 e. The summed E-state index contributed by atoms with van der Waals surface area (Å²) in [6, 6.07) is 7.20. The second-order valence-electron chi connectivity index (χ2n) is 4.63. The predicted molar refractivity (Wildman–Crippen MR) is 93.5 cm³/mol. The van der Waals surface area contributed by atoms with Gasteiger partial charge in [-0.05, 0) is 38.4 Å². The molecule has 1 aromatic rings. The van der Waals surface area contributed by atoms with Crippen molar-refractivity contribution in [2.45, 2.75) is 6.10 Å². The molecule has 0 aliphatic heterocycles. The maximum Gasteiger partial charge on any atom is 0.254 e. The van der Waals surface area contributed by atoms with Gasteiger partial charge in [0.2, 0.25) is 0 Å². The van der Waals surface area contributed by atoms with Crippen LogP contribution in [-0.2, 0) is 9.53 Å². The van der Waals surface area contributed by atoms with Gasteiger partial charge in [0.25, 0.3) is 5.91 Å². The molecule has 1 amide bonds. The molecule has 1 aromatic carbocycles. The van der Waals surface area contributed by atoms with Crippen molar-refractivity contribution in [1.29, 1.82) is 0 Å². The number of nitrogens with two attached hydrogens (primary N) is 1. The number of likely N-dealkylation sites (N-methyl/N-ethyl adjacent to an activating group) is 1. The summed E-state index contributed by atoms with van der Waals surface area (Å²) in [6.45, 7) is 1.62. The molecule has 0 aliphatic carbocycles. The molecule has 0 heterocycles. The van der Waals surface area contributed by atoms with E-state index in [1.165, 1.54) is 7.11 Å². The maximum absolute atomic E-state index is 11.8. The van der Waals surface area contributed by atoms with Gasteiger partial charge in [-0.2, -0.15) is 0 Å². The summed E-state index contributed by atoms with van der Waals surface area (Å²) in [5.41, 5.74) is 6.12. The quantitative estimate of drug-likeness (QED) is 0.738. The van der Waals surface area contributed by atoms with Gasteiger partial charge in [0.05, 0.1) is 0 Å². The Hall–Kier alpha value is -1.05. The molecule has 8 heteroatoms. The number of methoxy groups -OCH3 is 1. The number of anilines is 1. The van der Waals surface area contributed by atoms with Crippen molar-refractivity contribution >= 4 is 36.4 Å². The fraction of sp³-hybridized carbons (Fsp3) is 0.500. The van der Waals surface area contributed by atoms with E-state index < -0.39 is 6.10 Å². The van der Waals surface area contributed by atoms with Gasteiger partial charge >= 0.3 is 0 Å². The third kappa shape index (κ3) is 8.41. The molecule has 0 radical (unpaired) electrons. The van der Waals surface area contributed by atoms with Crippen molar-refractivity contribution in [3.63, 3.8) is 0 Å². The van der Waals surface area contributed by atoms with E-state index in [2.05, 4.69) is 5.32 Å². The van der Waals surface area contributed by atoms with Crippen LogP contribution in [-0.4, -0.2) is 57.8 Å². The zero-order chi connectivity index (χ0) is 15.0. The maximum atomic E-state index is 11.8. The second-order valence-corrected chi connectivity index (χ2v) is 4.63. The minimum Gasteiger partial charge on any atom is -0.492 e. The number of hydrogen-bond acceptors (Lipinski definition) is 5. The highest BCUT2D eigenvalue weighted by Gasteiger charge is 2.15. The minimum atomic E-state index is -0.633. The van der Waals surface area contributed by atoms with Gasteiger partial charge < -0.3 is 25.4 Å². The average Bonchev–Trinajstić information content (AvgIpc) is 2.42. The lowest BCUT2D eigenvalue weighted by Gasteiger charge is -2.14. The molecule has 0 spiro atoms. The summed E-state index contributed by atoms with van der Waals surface area (Å²) >= 11 is 0. The number of hydrogen-bond donors (Lipinski definition) is 2. The molecule has 22 heavy (non-hydrogen) atoms. The Bertz CT molecular complexity index is 412. The predicted octanol–water partition coefficient (Wildman–Crippen LogP) is 1.38. The Labute approximate surface area is 144 Å². The van der Waals surface area contributed by atoms with Crippen LogP contribution in [0.15, 0.2) is 24.3 Å². The molecule has 0 fully saturated rings. The van der Waals surface area contributed by atoms with Crippen molar-refractivity contribution in [3.8, 4) is 5.75 Å². The third-order valence-electron chi connectivity index (χ3n) is 2.72. The lowest BCUT2D eigenvalue weighted by Crippen LogP contribution is -2.35. The zero-order valence-corrected chi connectivity index (χ0v) is 14.7. The number of benzene rings is 1. The number of rotatable bonds is 8. The number of ether oxygens (including phenoxy) is 2. The monoisotopic (exact) mass is 353 g/mol. The van der Waals surface area contributed by atoms with Gasteiger partial charge in [0, 0.05) is 25.9 Å². The molecule has 3 N–H and O–H groups in total. The number of carbonyl (C=O) groups excluding carboxylic acids is 1. The first kappa shape index (κ1) is 23.2. The van der Waals surface area contributed by atoms with Crippen LogP contribution in [0.1, 0.15) is 0 Å². The highest BCUT2D eigenvalue weighted by Crippen LogP contribution is 2.16. The topological polar surface area (TPSA) is 76.8 Å². The van der Waals surface area contributed by atoms with Crippen molar-refractivity contribution in [3.05, 3.63) is 24.3 Å². The molecule has 6 nitrogen and oxygen atoms in total. The van der Waals surface area contributed by atoms with E-state index in [4.69, 9.17) is 15.2 Å². The normalized spacial score (nSPS) is 11.1. The molecular weight excluding hydrogens is 329 g/mol. The molecule has 0 bridgehead atoms. The SMILES string of the molecule is COC(CN)C(=O)Nc1ccc(OCCN(C)C)cc1.Cl.Cl. The number of nitrogens with one attached hydrogen (secondary N) is 1. The summed E-state index contributed by atoms with van der Waals surface area (Å²) in [4.78, 5) is 13.8. The molecule has 1 atom stereocenters. The van der Waals surface area contributed by atoms with Gasteiger partial charge in [0.15, 0.2) is 0 Å². The fourth-order valence-corrected chi connectivity index (χ4v) is 1.51. The molecule has 128 valence electrons. The van der Waals surface area contributed by atoms with Crippen LogP contribution in [0.2, 0.25) is 0 Å². The van der Waals surface area contributed by atoms with E-state index in [1.807, 2.05) is 31.1 Å².